The van der Waals surface area contributed by atoms with Gasteiger partial charge < -0.3 is 10.1 Å². The van der Waals surface area contributed by atoms with Crippen molar-refractivity contribution in [2.45, 2.75) is 57.7 Å². The van der Waals surface area contributed by atoms with Crippen LogP contribution in [0.1, 0.15) is 50.9 Å². The van der Waals surface area contributed by atoms with Gasteiger partial charge in [-0.2, -0.15) is 5.26 Å². The highest BCUT2D eigenvalue weighted by molar-refractivity contribution is 8.13. The van der Waals surface area contributed by atoms with E-state index in [1.165, 1.54) is 11.8 Å². The van der Waals surface area contributed by atoms with Crippen LogP contribution < -0.4 is 10.6 Å². The van der Waals surface area contributed by atoms with Crippen molar-refractivity contribution in [3.05, 3.63) is 29.8 Å². The third-order valence-electron chi connectivity index (χ3n) is 4.12. The molecule has 1 aliphatic heterocycles. The van der Waals surface area contributed by atoms with Gasteiger partial charge in [0.15, 0.2) is 11.4 Å². The molecule has 0 unspecified atom stereocenters. The fourth-order valence-corrected chi connectivity index (χ4v) is 3.84. The molecule has 1 aliphatic rings. The molecule has 140 valence electrons. The lowest BCUT2D eigenvalue weighted by Gasteiger charge is -2.45. The lowest BCUT2D eigenvalue weighted by molar-refractivity contribution is -0.00637. The molecule has 0 radical (unpaired) electrons. The molecule has 6 nitrogen and oxygen atoms in total. The quantitative estimate of drug-likeness (QED) is 0.276. The van der Waals surface area contributed by atoms with Crippen LogP contribution in [0, 0.1) is 11.5 Å². The fourth-order valence-electron chi connectivity index (χ4n) is 3.49. The number of nitrogens with one attached hydrogen (secondary N) is 2. The number of aliphatic imine (C=N–C) groups is 1. The van der Waals surface area contributed by atoms with E-state index in [2.05, 4.69) is 43.3 Å². The van der Waals surface area contributed by atoms with Crippen molar-refractivity contribution >= 4 is 28.6 Å². The number of benzene rings is 1. The smallest absolute Gasteiger partial charge is 0.338 e. The van der Waals surface area contributed by atoms with E-state index in [1.54, 1.807) is 24.3 Å². The summed E-state index contributed by atoms with van der Waals surface area (Å²) in [6, 6.07) is 6.87. The van der Waals surface area contributed by atoms with Crippen LogP contribution in [0.3, 0.4) is 0 Å². The maximum Gasteiger partial charge on any atom is 0.338 e. The highest BCUT2D eigenvalue weighted by atomic mass is 32.2. The third-order valence-corrected chi connectivity index (χ3v) is 4.70. The number of hydrogen-bond acceptors (Lipinski definition) is 6. The average molecular weight is 375 g/mol. The summed E-state index contributed by atoms with van der Waals surface area (Å²) in [7, 11) is 0. The Balaban J connectivity index is 2.05. The maximum atomic E-state index is 12.5. The van der Waals surface area contributed by atoms with E-state index in [0.717, 1.165) is 12.8 Å². The van der Waals surface area contributed by atoms with E-state index in [9.17, 15) is 4.79 Å². The van der Waals surface area contributed by atoms with Gasteiger partial charge >= 0.3 is 5.97 Å². The number of carbonyl (C=O) groups is 1. The number of carbonyl (C=O) groups excluding carboxylic acids is 1. The minimum Gasteiger partial charge on any atom is -0.459 e. The molecule has 1 fully saturated rings. The van der Waals surface area contributed by atoms with Gasteiger partial charge in [0.25, 0.3) is 0 Å². The molecular weight excluding hydrogens is 348 g/mol. The van der Waals surface area contributed by atoms with Crippen LogP contribution in [0.2, 0.25) is 0 Å². The van der Waals surface area contributed by atoms with Crippen molar-refractivity contribution in [2.24, 2.45) is 4.99 Å². The first kappa shape index (κ1) is 20.3. The van der Waals surface area contributed by atoms with Crippen molar-refractivity contribution < 1.29 is 9.53 Å². The Bertz CT molecular complexity index is 704. The Morgan fingerprint density at radius 3 is 2.35 bits per heavy atom. The average Bonchev–Trinajstić information content (AvgIpc) is 2.52. The Labute approximate surface area is 159 Å². The summed E-state index contributed by atoms with van der Waals surface area (Å²) in [4.78, 5) is 16.8. The van der Waals surface area contributed by atoms with Gasteiger partial charge in [0.2, 0.25) is 0 Å². The molecule has 0 amide bonds. The summed E-state index contributed by atoms with van der Waals surface area (Å²) in [6.07, 6.45) is 5.12. The Morgan fingerprint density at radius 2 is 1.85 bits per heavy atom. The Morgan fingerprint density at radius 1 is 1.27 bits per heavy atom. The second-order valence-corrected chi connectivity index (χ2v) is 8.53. The summed E-state index contributed by atoms with van der Waals surface area (Å²) in [5.74, 6) is -0.320. The van der Waals surface area contributed by atoms with E-state index in [4.69, 9.17) is 10.00 Å². The summed E-state index contributed by atoms with van der Waals surface area (Å²) in [5, 5.41) is 15.3. The molecule has 1 heterocycles. The summed E-state index contributed by atoms with van der Waals surface area (Å²) < 4.78 is 5.76. The standard InChI is InChI=1S/C19H26N4O2S/c1-18(2)10-15(11-19(3,4)23-18)25-16(24)13-6-8-14(9-7-13)22-17(26-5)21-12-20/h6-9,15,23H,10-11H2,1-5H3,(H,21,22). The van der Waals surface area contributed by atoms with E-state index in [-0.39, 0.29) is 23.2 Å². The Kier molecular flexibility index (Phi) is 6.32. The predicted octanol–water partition coefficient (Wildman–Crippen LogP) is 3.57. The maximum absolute atomic E-state index is 12.5. The van der Waals surface area contributed by atoms with Gasteiger partial charge in [-0.05, 0) is 58.2 Å². The lowest BCUT2D eigenvalue weighted by atomic mass is 9.81. The Hall–Kier alpha value is -2.04. The van der Waals surface area contributed by atoms with Crippen LogP contribution in [0.25, 0.3) is 0 Å². The number of piperidine rings is 1. The largest absolute Gasteiger partial charge is 0.459 e. The van der Waals surface area contributed by atoms with Crippen LogP contribution in [-0.4, -0.2) is 34.6 Å². The monoisotopic (exact) mass is 374 g/mol. The molecule has 1 saturated heterocycles. The van der Waals surface area contributed by atoms with Gasteiger partial charge in [0.05, 0.1) is 11.3 Å². The van der Waals surface area contributed by atoms with Gasteiger partial charge in [-0.3, -0.25) is 5.32 Å². The van der Waals surface area contributed by atoms with E-state index < -0.39 is 0 Å². The first-order valence-corrected chi connectivity index (χ1v) is 9.75. The van der Waals surface area contributed by atoms with Gasteiger partial charge in [0, 0.05) is 23.9 Å². The van der Waals surface area contributed by atoms with Crippen LogP contribution in [-0.2, 0) is 4.74 Å². The summed E-state index contributed by atoms with van der Waals surface area (Å²) in [5.41, 5.74) is 1.01. The zero-order valence-electron chi connectivity index (χ0n) is 15.9. The normalized spacial score (nSPS) is 19.5. The second kappa shape index (κ2) is 8.11. The number of ether oxygens (including phenoxy) is 1. The molecule has 0 aliphatic carbocycles. The zero-order chi connectivity index (χ0) is 19.4. The molecule has 0 saturated carbocycles. The topological polar surface area (TPSA) is 86.5 Å². The number of nitriles is 1. The van der Waals surface area contributed by atoms with E-state index in [0.29, 0.717) is 16.4 Å². The van der Waals surface area contributed by atoms with Crippen molar-refractivity contribution in [3.63, 3.8) is 0 Å². The molecule has 1 aromatic carbocycles. The van der Waals surface area contributed by atoms with Crippen molar-refractivity contribution in [1.82, 2.24) is 10.6 Å². The number of rotatable bonds is 3. The van der Waals surface area contributed by atoms with Crippen LogP contribution in [0.5, 0.6) is 0 Å². The molecule has 0 bridgehead atoms. The SMILES string of the molecule is CSC(=Nc1ccc(C(=O)OC2CC(C)(C)NC(C)(C)C2)cc1)NC#N. The number of esters is 1. The van der Waals surface area contributed by atoms with Gasteiger partial charge in [0.1, 0.15) is 6.10 Å². The molecule has 0 spiro atoms. The number of amidine groups is 1. The predicted molar refractivity (Wildman–Crippen MR) is 106 cm³/mol. The van der Waals surface area contributed by atoms with Crippen LogP contribution in [0.15, 0.2) is 29.3 Å². The molecule has 2 N–H and O–H groups in total. The lowest BCUT2D eigenvalue weighted by Crippen LogP contribution is -2.59. The minimum atomic E-state index is -0.320. The minimum absolute atomic E-state index is 0.0762. The molecule has 26 heavy (non-hydrogen) atoms. The van der Waals surface area contributed by atoms with Gasteiger partial charge in [-0.1, -0.05) is 11.8 Å². The highest BCUT2D eigenvalue weighted by Gasteiger charge is 2.39. The van der Waals surface area contributed by atoms with E-state index >= 15 is 0 Å². The molecule has 0 aromatic heterocycles. The first-order valence-electron chi connectivity index (χ1n) is 8.52. The molecule has 7 heteroatoms. The molecule has 0 atom stereocenters. The van der Waals surface area contributed by atoms with Crippen molar-refractivity contribution in [2.75, 3.05) is 6.26 Å². The summed E-state index contributed by atoms with van der Waals surface area (Å²) in [6.45, 7) is 8.50. The fraction of sp³-hybridized carbons (Fsp3) is 0.526. The number of hydrogen-bond donors (Lipinski definition) is 2. The van der Waals surface area contributed by atoms with Crippen molar-refractivity contribution in [1.29, 1.82) is 5.26 Å². The number of thioether (sulfide) groups is 1. The highest BCUT2D eigenvalue weighted by Crippen LogP contribution is 2.31. The van der Waals surface area contributed by atoms with Gasteiger partial charge in [-0.25, -0.2) is 9.79 Å². The molecule has 2 rings (SSSR count). The summed E-state index contributed by atoms with van der Waals surface area (Å²) >= 11 is 1.34. The number of nitrogens with zero attached hydrogens (tertiary/aromatic N) is 2. The molecule has 1 aromatic rings. The second-order valence-electron chi connectivity index (χ2n) is 7.73. The van der Waals surface area contributed by atoms with Crippen LogP contribution in [0.4, 0.5) is 5.69 Å². The van der Waals surface area contributed by atoms with Crippen molar-refractivity contribution in [3.8, 4) is 6.19 Å². The first-order chi connectivity index (χ1) is 12.1. The van der Waals surface area contributed by atoms with Gasteiger partial charge in [-0.15, -0.1) is 0 Å². The van der Waals surface area contributed by atoms with Crippen LogP contribution >= 0.6 is 11.8 Å². The zero-order valence-corrected chi connectivity index (χ0v) is 16.7. The third kappa shape index (κ3) is 5.75. The van der Waals surface area contributed by atoms with E-state index in [1.807, 2.05) is 12.4 Å². The molecular formula is C19H26N4O2S.